The molecule has 0 saturated heterocycles. The van der Waals surface area contributed by atoms with Crippen molar-refractivity contribution in [3.05, 3.63) is 59.2 Å². The van der Waals surface area contributed by atoms with Gasteiger partial charge in [-0.2, -0.15) is 0 Å². The molecular formula is C28H38N4O7. The molecule has 0 aromatic heterocycles. The van der Waals surface area contributed by atoms with E-state index < -0.39 is 54.5 Å². The van der Waals surface area contributed by atoms with Gasteiger partial charge in [0.2, 0.25) is 11.8 Å². The van der Waals surface area contributed by atoms with Gasteiger partial charge in [0, 0.05) is 12.2 Å². The van der Waals surface area contributed by atoms with E-state index in [1.54, 1.807) is 58.0 Å². The predicted molar refractivity (Wildman–Crippen MR) is 146 cm³/mol. The van der Waals surface area contributed by atoms with E-state index in [1.165, 1.54) is 7.11 Å². The number of nitrogens with two attached hydrogens (primary N) is 1. The molecule has 11 heteroatoms. The normalized spacial score (nSPS) is 12.6. The van der Waals surface area contributed by atoms with Gasteiger partial charge in [-0.3, -0.25) is 14.4 Å². The number of aliphatic hydroxyl groups excluding tert-OH is 1. The van der Waals surface area contributed by atoms with Crippen LogP contribution in [0.3, 0.4) is 0 Å². The number of aryl methyl sites for hydroxylation is 2. The van der Waals surface area contributed by atoms with Crippen LogP contribution in [0.15, 0.2) is 42.5 Å². The van der Waals surface area contributed by atoms with E-state index in [9.17, 15) is 24.3 Å². The third-order valence-corrected chi connectivity index (χ3v) is 5.67. The van der Waals surface area contributed by atoms with Gasteiger partial charge in [-0.1, -0.05) is 23.8 Å². The van der Waals surface area contributed by atoms with Crippen LogP contribution in [0.4, 0.5) is 10.5 Å². The largest absolute Gasteiger partial charge is 0.497 e. The monoisotopic (exact) mass is 542 g/mol. The fourth-order valence-electron chi connectivity index (χ4n) is 3.92. The van der Waals surface area contributed by atoms with Crippen LogP contribution in [0, 0.1) is 13.8 Å². The number of hydrogen-bond donors (Lipinski definition) is 4. The lowest BCUT2D eigenvalue weighted by Gasteiger charge is -2.34. The topological polar surface area (TPSA) is 160 Å². The van der Waals surface area contributed by atoms with Crippen molar-refractivity contribution in [2.75, 3.05) is 25.6 Å². The van der Waals surface area contributed by atoms with Crippen molar-refractivity contribution in [1.82, 2.24) is 10.2 Å². The minimum absolute atomic E-state index is 0.266. The lowest BCUT2D eigenvalue weighted by Crippen LogP contribution is -2.54. The van der Waals surface area contributed by atoms with Crippen molar-refractivity contribution < 1.29 is 33.8 Å². The minimum Gasteiger partial charge on any atom is -0.497 e. The molecule has 2 atom stereocenters. The molecule has 2 unspecified atom stereocenters. The Morgan fingerprint density at radius 3 is 2.23 bits per heavy atom. The maximum atomic E-state index is 13.9. The van der Waals surface area contributed by atoms with Crippen molar-refractivity contribution in [3.63, 3.8) is 0 Å². The number of nitrogens with one attached hydrogen (secondary N) is 2. The quantitative estimate of drug-likeness (QED) is 0.339. The van der Waals surface area contributed by atoms with E-state index in [0.717, 1.165) is 16.0 Å². The SMILES string of the molecule is COc1ccc(NC(=O)C(c2cc(C)ccc2C)N(CCO)C(=O)C(CC(N)=O)NC(=O)OC(C)(C)C)cc1. The maximum absolute atomic E-state index is 13.9. The summed E-state index contributed by atoms with van der Waals surface area (Å²) in [5, 5.41) is 15.1. The van der Waals surface area contributed by atoms with Crippen molar-refractivity contribution in [2.24, 2.45) is 5.73 Å². The van der Waals surface area contributed by atoms with E-state index in [1.807, 2.05) is 19.1 Å². The first-order valence-corrected chi connectivity index (χ1v) is 12.5. The van der Waals surface area contributed by atoms with Crippen LogP contribution in [-0.4, -0.2) is 65.7 Å². The molecular weight excluding hydrogens is 504 g/mol. The molecule has 212 valence electrons. The Bertz CT molecular complexity index is 1180. The molecule has 0 radical (unpaired) electrons. The van der Waals surface area contributed by atoms with E-state index in [4.69, 9.17) is 15.2 Å². The number of nitrogens with zero attached hydrogens (tertiary/aromatic N) is 1. The molecule has 2 aromatic rings. The summed E-state index contributed by atoms with van der Waals surface area (Å²) in [6, 6.07) is 9.45. The zero-order chi connectivity index (χ0) is 29.3. The second-order valence-electron chi connectivity index (χ2n) is 10.1. The molecule has 2 aromatic carbocycles. The molecule has 0 heterocycles. The van der Waals surface area contributed by atoms with Gasteiger partial charge in [-0.05, 0) is 70.0 Å². The van der Waals surface area contributed by atoms with Crippen LogP contribution in [-0.2, 0) is 19.1 Å². The number of methoxy groups -OCH3 is 1. The number of rotatable bonds is 11. The van der Waals surface area contributed by atoms with E-state index in [-0.39, 0.29) is 6.54 Å². The Kier molecular flexibility index (Phi) is 10.9. The second-order valence-corrected chi connectivity index (χ2v) is 10.1. The van der Waals surface area contributed by atoms with Crippen LogP contribution in [0.5, 0.6) is 5.75 Å². The third-order valence-electron chi connectivity index (χ3n) is 5.67. The van der Waals surface area contributed by atoms with E-state index in [0.29, 0.717) is 17.0 Å². The summed E-state index contributed by atoms with van der Waals surface area (Å²) in [7, 11) is 1.52. The van der Waals surface area contributed by atoms with Gasteiger partial charge < -0.3 is 35.8 Å². The molecule has 0 spiro atoms. The summed E-state index contributed by atoms with van der Waals surface area (Å²) in [4.78, 5) is 53.1. The van der Waals surface area contributed by atoms with Crippen molar-refractivity contribution in [3.8, 4) is 5.75 Å². The van der Waals surface area contributed by atoms with Gasteiger partial charge in [0.25, 0.3) is 5.91 Å². The minimum atomic E-state index is -1.44. The Labute approximate surface area is 228 Å². The van der Waals surface area contributed by atoms with Gasteiger partial charge in [0.05, 0.1) is 20.1 Å². The Morgan fingerprint density at radius 1 is 1.05 bits per heavy atom. The summed E-state index contributed by atoms with van der Waals surface area (Å²) in [5.41, 5.74) is 7.04. The zero-order valence-electron chi connectivity index (χ0n) is 23.2. The number of carbonyl (C=O) groups is 4. The molecule has 5 N–H and O–H groups in total. The lowest BCUT2D eigenvalue weighted by molar-refractivity contribution is -0.142. The average Bonchev–Trinajstić information content (AvgIpc) is 2.84. The molecule has 0 aliphatic carbocycles. The predicted octanol–water partition coefficient (Wildman–Crippen LogP) is 2.58. The highest BCUT2D eigenvalue weighted by Crippen LogP contribution is 2.28. The summed E-state index contributed by atoms with van der Waals surface area (Å²) in [6.07, 6.45) is -1.48. The highest BCUT2D eigenvalue weighted by molar-refractivity contribution is 6.00. The zero-order valence-corrected chi connectivity index (χ0v) is 23.2. The van der Waals surface area contributed by atoms with E-state index >= 15 is 0 Å². The van der Waals surface area contributed by atoms with Crippen molar-refractivity contribution in [2.45, 2.75) is 58.7 Å². The van der Waals surface area contributed by atoms with Crippen LogP contribution in [0.1, 0.15) is 49.9 Å². The highest BCUT2D eigenvalue weighted by atomic mass is 16.6. The van der Waals surface area contributed by atoms with Crippen molar-refractivity contribution >= 4 is 29.5 Å². The molecule has 0 fully saturated rings. The number of ether oxygens (including phenoxy) is 2. The van der Waals surface area contributed by atoms with Gasteiger partial charge >= 0.3 is 6.09 Å². The third kappa shape index (κ3) is 9.29. The van der Waals surface area contributed by atoms with Gasteiger partial charge in [0.15, 0.2) is 0 Å². The molecule has 2 rings (SSSR count). The Hall–Kier alpha value is -4.12. The molecule has 11 nitrogen and oxygen atoms in total. The summed E-state index contributed by atoms with van der Waals surface area (Å²) in [5.74, 6) is -1.60. The highest BCUT2D eigenvalue weighted by Gasteiger charge is 2.37. The smallest absolute Gasteiger partial charge is 0.408 e. The molecule has 0 bridgehead atoms. The number of hydrogen-bond acceptors (Lipinski definition) is 7. The van der Waals surface area contributed by atoms with Gasteiger partial charge in [-0.15, -0.1) is 0 Å². The maximum Gasteiger partial charge on any atom is 0.408 e. The molecule has 0 aliphatic heterocycles. The molecule has 39 heavy (non-hydrogen) atoms. The molecule has 4 amide bonds. The fourth-order valence-corrected chi connectivity index (χ4v) is 3.92. The van der Waals surface area contributed by atoms with Crippen LogP contribution < -0.4 is 21.1 Å². The van der Waals surface area contributed by atoms with Gasteiger partial charge in [0.1, 0.15) is 23.4 Å². The second kappa shape index (κ2) is 13.6. The number of amides is 4. The van der Waals surface area contributed by atoms with E-state index in [2.05, 4.69) is 10.6 Å². The molecule has 0 saturated carbocycles. The number of aliphatic hydroxyl groups is 1. The first-order chi connectivity index (χ1) is 18.2. The lowest BCUT2D eigenvalue weighted by atomic mass is 9.96. The Morgan fingerprint density at radius 2 is 1.69 bits per heavy atom. The number of carbonyl (C=O) groups excluding carboxylic acids is 4. The Balaban J connectivity index is 2.55. The number of alkyl carbamates (subject to hydrolysis) is 1. The summed E-state index contributed by atoms with van der Waals surface area (Å²) >= 11 is 0. The van der Waals surface area contributed by atoms with Gasteiger partial charge in [-0.25, -0.2) is 4.79 Å². The van der Waals surface area contributed by atoms with Crippen LogP contribution in [0.25, 0.3) is 0 Å². The number of benzene rings is 2. The first kappa shape index (κ1) is 31.1. The number of anilines is 1. The summed E-state index contributed by atoms with van der Waals surface area (Å²) < 4.78 is 10.4. The molecule has 0 aliphatic rings. The average molecular weight is 543 g/mol. The standard InChI is InChI=1S/C28H38N4O7/c1-17-7-8-18(2)21(15-17)24(25(35)30-19-9-11-20(38-6)12-10-19)32(13-14-33)26(36)22(16-23(29)34)31-27(37)39-28(3,4)5/h7-12,15,22,24,33H,13-14,16H2,1-6H3,(H2,29,34)(H,30,35)(H,31,37). The van der Waals surface area contributed by atoms with Crippen molar-refractivity contribution in [1.29, 1.82) is 0 Å². The van der Waals surface area contributed by atoms with Crippen LogP contribution >= 0.6 is 0 Å². The number of primary amides is 1. The first-order valence-electron chi connectivity index (χ1n) is 12.5. The fraction of sp³-hybridized carbons (Fsp3) is 0.429. The van der Waals surface area contributed by atoms with Crippen LogP contribution in [0.2, 0.25) is 0 Å². The summed E-state index contributed by atoms with van der Waals surface area (Å²) in [6.45, 7) is 7.83.